The maximum absolute atomic E-state index is 4.63. The Bertz CT molecular complexity index is 518. The third-order valence-corrected chi connectivity index (χ3v) is 3.09. The second-order valence-corrected chi connectivity index (χ2v) is 4.90. The van der Waals surface area contributed by atoms with Gasteiger partial charge in [-0.05, 0) is 38.1 Å². The Morgan fingerprint density at radius 3 is 2.79 bits per heavy atom. The minimum absolute atomic E-state index is 0.231. The summed E-state index contributed by atoms with van der Waals surface area (Å²) in [6.07, 6.45) is 3.97. The second kappa shape index (κ2) is 6.48. The first-order valence-electron chi connectivity index (χ1n) is 6.84. The molecule has 0 aliphatic heterocycles. The van der Waals surface area contributed by atoms with Crippen LogP contribution in [0.2, 0.25) is 0 Å². The Hall–Kier alpha value is -1.68. The first-order valence-corrected chi connectivity index (χ1v) is 6.84. The van der Waals surface area contributed by atoms with Crippen LogP contribution >= 0.6 is 0 Å². The largest absolute Gasteiger partial charge is 0.308 e. The first-order chi connectivity index (χ1) is 9.19. The molecular weight excluding hydrogens is 236 g/mol. The van der Waals surface area contributed by atoms with Crippen LogP contribution in [0.5, 0.6) is 0 Å². The molecule has 2 rings (SSSR count). The zero-order valence-electron chi connectivity index (χ0n) is 11.9. The number of aromatic nitrogens is 3. The van der Waals surface area contributed by atoms with Crippen LogP contribution in [-0.2, 0) is 13.5 Å². The van der Waals surface area contributed by atoms with Crippen molar-refractivity contribution < 1.29 is 0 Å². The molecule has 19 heavy (non-hydrogen) atoms. The molecule has 0 fully saturated rings. The van der Waals surface area contributed by atoms with Gasteiger partial charge in [0.05, 0.1) is 17.4 Å². The van der Waals surface area contributed by atoms with Gasteiger partial charge < -0.3 is 5.32 Å². The van der Waals surface area contributed by atoms with E-state index in [9.17, 15) is 0 Å². The highest BCUT2D eigenvalue weighted by Gasteiger charge is 2.14. The van der Waals surface area contributed by atoms with Crippen molar-refractivity contribution in [2.24, 2.45) is 7.05 Å². The number of nitrogens with zero attached hydrogens (tertiary/aromatic N) is 3. The van der Waals surface area contributed by atoms with E-state index < -0.39 is 0 Å². The number of rotatable bonds is 6. The molecule has 1 unspecified atom stereocenters. The Balaban J connectivity index is 2.15. The predicted octanol–water partition coefficient (Wildman–Crippen LogP) is 2.41. The maximum atomic E-state index is 4.63. The average Bonchev–Trinajstić information content (AvgIpc) is 2.80. The van der Waals surface area contributed by atoms with Gasteiger partial charge in [0.15, 0.2) is 0 Å². The van der Waals surface area contributed by atoms with Gasteiger partial charge in [0, 0.05) is 25.4 Å². The number of pyridine rings is 1. The van der Waals surface area contributed by atoms with Crippen molar-refractivity contribution in [3.63, 3.8) is 0 Å². The fourth-order valence-electron chi connectivity index (χ4n) is 2.14. The molecule has 0 saturated heterocycles. The lowest BCUT2D eigenvalue weighted by molar-refractivity contribution is 0.509. The van der Waals surface area contributed by atoms with Crippen LogP contribution in [0.15, 0.2) is 30.5 Å². The molecule has 0 aliphatic rings. The monoisotopic (exact) mass is 258 g/mol. The number of hydrogen-bond donors (Lipinski definition) is 1. The van der Waals surface area contributed by atoms with Crippen molar-refractivity contribution in [3.8, 4) is 0 Å². The van der Waals surface area contributed by atoms with Gasteiger partial charge in [0.2, 0.25) is 0 Å². The summed E-state index contributed by atoms with van der Waals surface area (Å²) >= 11 is 0. The Labute approximate surface area is 114 Å². The Morgan fingerprint density at radius 2 is 2.16 bits per heavy atom. The molecule has 4 nitrogen and oxygen atoms in total. The lowest BCUT2D eigenvalue weighted by atomic mass is 10.1. The lowest BCUT2D eigenvalue weighted by Gasteiger charge is -2.17. The second-order valence-electron chi connectivity index (χ2n) is 4.90. The summed E-state index contributed by atoms with van der Waals surface area (Å²) in [7, 11) is 1.95. The SMILES string of the molecule is CCCNC(Cc1ccn(C)n1)c1cccc(C)n1. The van der Waals surface area contributed by atoms with E-state index in [0.717, 1.165) is 36.5 Å². The zero-order chi connectivity index (χ0) is 13.7. The van der Waals surface area contributed by atoms with E-state index in [1.165, 1.54) is 0 Å². The fraction of sp³-hybridized carbons (Fsp3) is 0.467. The molecule has 0 saturated carbocycles. The van der Waals surface area contributed by atoms with E-state index >= 15 is 0 Å². The molecule has 2 heterocycles. The highest BCUT2D eigenvalue weighted by Crippen LogP contribution is 2.16. The number of nitrogens with one attached hydrogen (secondary N) is 1. The Morgan fingerprint density at radius 1 is 1.32 bits per heavy atom. The zero-order valence-corrected chi connectivity index (χ0v) is 11.9. The van der Waals surface area contributed by atoms with Gasteiger partial charge >= 0.3 is 0 Å². The molecule has 0 radical (unpaired) electrons. The first kappa shape index (κ1) is 13.7. The molecule has 0 aliphatic carbocycles. The van der Waals surface area contributed by atoms with Crippen molar-refractivity contribution in [2.45, 2.75) is 32.7 Å². The van der Waals surface area contributed by atoms with Crippen LogP contribution in [0, 0.1) is 6.92 Å². The normalized spacial score (nSPS) is 12.6. The van der Waals surface area contributed by atoms with Crippen LogP contribution in [-0.4, -0.2) is 21.3 Å². The molecule has 1 N–H and O–H groups in total. The van der Waals surface area contributed by atoms with Gasteiger partial charge in [0.25, 0.3) is 0 Å². The van der Waals surface area contributed by atoms with Gasteiger partial charge in [-0.25, -0.2) is 0 Å². The van der Waals surface area contributed by atoms with E-state index in [2.05, 4.69) is 40.5 Å². The van der Waals surface area contributed by atoms with Gasteiger partial charge in [-0.2, -0.15) is 5.10 Å². The predicted molar refractivity (Wildman–Crippen MR) is 76.9 cm³/mol. The third-order valence-electron chi connectivity index (χ3n) is 3.09. The van der Waals surface area contributed by atoms with E-state index in [4.69, 9.17) is 0 Å². The minimum atomic E-state index is 0.231. The fourth-order valence-corrected chi connectivity index (χ4v) is 2.14. The summed E-state index contributed by atoms with van der Waals surface area (Å²) in [5.41, 5.74) is 3.25. The molecule has 102 valence electrons. The van der Waals surface area contributed by atoms with E-state index in [1.54, 1.807) is 0 Å². The smallest absolute Gasteiger partial charge is 0.0644 e. The lowest BCUT2D eigenvalue weighted by Crippen LogP contribution is -2.25. The summed E-state index contributed by atoms with van der Waals surface area (Å²) in [4.78, 5) is 4.63. The van der Waals surface area contributed by atoms with Crippen molar-refractivity contribution in [1.82, 2.24) is 20.1 Å². The summed E-state index contributed by atoms with van der Waals surface area (Å²) < 4.78 is 1.84. The number of hydrogen-bond acceptors (Lipinski definition) is 3. The van der Waals surface area contributed by atoms with Gasteiger partial charge in [0.1, 0.15) is 0 Å². The third kappa shape index (κ3) is 3.89. The molecule has 0 bridgehead atoms. The molecule has 0 amide bonds. The maximum Gasteiger partial charge on any atom is 0.0644 e. The van der Waals surface area contributed by atoms with Gasteiger partial charge in [-0.3, -0.25) is 9.67 Å². The van der Waals surface area contributed by atoms with Crippen LogP contribution < -0.4 is 5.32 Å². The van der Waals surface area contributed by atoms with Crippen LogP contribution in [0.3, 0.4) is 0 Å². The highest BCUT2D eigenvalue weighted by molar-refractivity contribution is 5.16. The van der Waals surface area contributed by atoms with E-state index in [0.29, 0.717) is 0 Å². The molecule has 2 aromatic rings. The molecule has 0 aromatic carbocycles. The van der Waals surface area contributed by atoms with Crippen molar-refractivity contribution in [3.05, 3.63) is 47.5 Å². The average molecular weight is 258 g/mol. The molecule has 4 heteroatoms. The topological polar surface area (TPSA) is 42.7 Å². The molecular formula is C15H22N4. The molecule has 1 atom stereocenters. The number of aryl methyl sites for hydroxylation is 2. The van der Waals surface area contributed by atoms with Gasteiger partial charge in [-0.15, -0.1) is 0 Å². The standard InChI is InChI=1S/C15H22N4/c1-4-9-16-15(11-13-8-10-19(3)18-13)14-7-5-6-12(2)17-14/h5-8,10,15-16H,4,9,11H2,1-3H3. The van der Waals surface area contributed by atoms with Gasteiger partial charge in [-0.1, -0.05) is 13.0 Å². The van der Waals surface area contributed by atoms with Crippen LogP contribution in [0.4, 0.5) is 0 Å². The van der Waals surface area contributed by atoms with Crippen molar-refractivity contribution in [1.29, 1.82) is 0 Å². The van der Waals surface area contributed by atoms with E-state index in [1.807, 2.05) is 30.9 Å². The summed E-state index contributed by atoms with van der Waals surface area (Å²) in [6.45, 7) is 5.20. The van der Waals surface area contributed by atoms with Crippen molar-refractivity contribution in [2.75, 3.05) is 6.54 Å². The summed E-state index contributed by atoms with van der Waals surface area (Å²) in [6, 6.07) is 8.48. The quantitative estimate of drug-likeness (QED) is 0.865. The van der Waals surface area contributed by atoms with Crippen LogP contribution in [0.25, 0.3) is 0 Å². The van der Waals surface area contributed by atoms with Crippen molar-refractivity contribution >= 4 is 0 Å². The molecule has 0 spiro atoms. The summed E-state index contributed by atoms with van der Waals surface area (Å²) in [5.74, 6) is 0. The molecule has 2 aromatic heterocycles. The van der Waals surface area contributed by atoms with Crippen LogP contribution in [0.1, 0.15) is 36.5 Å². The van der Waals surface area contributed by atoms with E-state index in [-0.39, 0.29) is 6.04 Å². The Kier molecular flexibility index (Phi) is 4.68. The summed E-state index contributed by atoms with van der Waals surface area (Å²) in [5, 5.41) is 8.01. The highest BCUT2D eigenvalue weighted by atomic mass is 15.2. The minimum Gasteiger partial charge on any atom is -0.308 e.